The van der Waals surface area contributed by atoms with E-state index in [9.17, 15) is 0 Å². The summed E-state index contributed by atoms with van der Waals surface area (Å²) >= 11 is 2.04. The summed E-state index contributed by atoms with van der Waals surface area (Å²) in [5.41, 5.74) is 0. The number of rotatable bonds is 10. The van der Waals surface area contributed by atoms with Crippen molar-refractivity contribution in [2.24, 2.45) is 0 Å². The van der Waals surface area contributed by atoms with Gasteiger partial charge in [-0.1, -0.05) is 0 Å². The molecule has 0 fully saturated rings. The third kappa shape index (κ3) is 9.06. The molecule has 0 aliphatic carbocycles. The van der Waals surface area contributed by atoms with Crippen LogP contribution >= 0.6 is 12.7 Å². The van der Waals surface area contributed by atoms with Crippen molar-refractivity contribution < 1.29 is 5.11 Å². The molecular formula is C13H27BrOSn. The van der Waals surface area contributed by atoms with E-state index in [1.807, 2.05) is 0 Å². The SMILES string of the molecule is CCC[CH2][Sn]([Br])(/[CH]=C\CCCO)[CH2]CCC. The fourth-order valence-corrected chi connectivity index (χ4v) is 15.5. The van der Waals surface area contributed by atoms with Crippen LogP contribution in [0.1, 0.15) is 52.4 Å². The number of aliphatic hydroxyl groups excluding tert-OH is 1. The molecule has 0 aliphatic rings. The van der Waals surface area contributed by atoms with Crippen LogP contribution in [0.25, 0.3) is 0 Å². The normalized spacial score (nSPS) is 12.5. The molecule has 3 heteroatoms. The van der Waals surface area contributed by atoms with Gasteiger partial charge in [-0.15, -0.1) is 0 Å². The number of halogens is 1. The second kappa shape index (κ2) is 11.1. The van der Waals surface area contributed by atoms with Gasteiger partial charge in [0.25, 0.3) is 0 Å². The molecule has 0 saturated heterocycles. The van der Waals surface area contributed by atoms with Gasteiger partial charge in [-0.2, -0.15) is 0 Å². The minimum atomic E-state index is -2.06. The Morgan fingerprint density at radius 3 is 2.06 bits per heavy atom. The van der Waals surface area contributed by atoms with Gasteiger partial charge in [0.1, 0.15) is 0 Å². The Kier molecular flexibility index (Phi) is 11.8. The monoisotopic (exact) mass is 398 g/mol. The van der Waals surface area contributed by atoms with E-state index in [4.69, 9.17) is 5.11 Å². The Balaban J connectivity index is 4.10. The van der Waals surface area contributed by atoms with Gasteiger partial charge in [-0.3, -0.25) is 0 Å². The maximum atomic E-state index is 8.75. The molecule has 1 N–H and O–H groups in total. The van der Waals surface area contributed by atoms with Crippen LogP contribution in [0.5, 0.6) is 0 Å². The average molecular weight is 398 g/mol. The fourth-order valence-electron chi connectivity index (χ4n) is 1.74. The summed E-state index contributed by atoms with van der Waals surface area (Å²) in [5.74, 6) is 0. The first-order valence-corrected chi connectivity index (χ1v) is 18.7. The first kappa shape index (κ1) is 17.0. The van der Waals surface area contributed by atoms with Gasteiger partial charge in [-0.05, 0) is 0 Å². The van der Waals surface area contributed by atoms with Crippen LogP contribution < -0.4 is 0 Å². The zero-order chi connectivity index (χ0) is 12.3. The topological polar surface area (TPSA) is 20.2 Å². The standard InChI is InChI=1S/C5H9O.2C4H9.BrH.Sn/c1-2-3-4-5-6;2*1-3-4-2;;/h1-2,6H,3-5H2;2*1,3-4H2,2H3;1H;/q;;;;+1/p-1. The molecule has 0 aromatic carbocycles. The summed E-state index contributed by atoms with van der Waals surface area (Å²) in [4.78, 5) is 0. The van der Waals surface area contributed by atoms with Crippen molar-refractivity contribution in [1.82, 2.24) is 0 Å². The van der Waals surface area contributed by atoms with Crippen LogP contribution in [0, 0.1) is 0 Å². The van der Waals surface area contributed by atoms with Gasteiger partial charge in [0.2, 0.25) is 0 Å². The third-order valence-corrected chi connectivity index (χ3v) is 19.1. The molecule has 96 valence electrons. The predicted octanol–water partition coefficient (Wildman–Crippen LogP) is 4.79. The molecule has 0 heterocycles. The molecule has 0 aromatic heterocycles. The molecule has 16 heavy (non-hydrogen) atoms. The zero-order valence-corrected chi connectivity index (χ0v) is 15.3. The Morgan fingerprint density at radius 2 is 1.62 bits per heavy atom. The van der Waals surface area contributed by atoms with Crippen molar-refractivity contribution in [2.45, 2.75) is 61.2 Å². The minimum absolute atomic E-state index is 0.319. The predicted molar refractivity (Wildman–Crippen MR) is 79.6 cm³/mol. The Morgan fingerprint density at radius 1 is 1.06 bits per heavy atom. The number of hydrogen-bond donors (Lipinski definition) is 1. The number of allylic oxidation sites excluding steroid dienone is 1. The van der Waals surface area contributed by atoms with Gasteiger partial charge in [0.15, 0.2) is 0 Å². The number of hydrogen-bond acceptors (Lipinski definition) is 1. The molecule has 0 radical (unpaired) electrons. The van der Waals surface area contributed by atoms with Crippen LogP contribution in [0.4, 0.5) is 0 Å². The Hall–Kier alpha value is 0.979. The summed E-state index contributed by atoms with van der Waals surface area (Å²) in [6.45, 7) is 4.86. The van der Waals surface area contributed by atoms with Crippen molar-refractivity contribution in [3.8, 4) is 0 Å². The van der Waals surface area contributed by atoms with E-state index in [0.29, 0.717) is 6.61 Å². The molecule has 0 unspecified atom stereocenters. The van der Waals surface area contributed by atoms with Crippen LogP contribution in [0.3, 0.4) is 0 Å². The Labute approximate surface area is 111 Å². The second-order valence-electron chi connectivity index (χ2n) is 4.51. The van der Waals surface area contributed by atoms with Crippen LogP contribution in [0.15, 0.2) is 10.2 Å². The van der Waals surface area contributed by atoms with E-state index < -0.39 is 16.2 Å². The number of unbranched alkanes of at least 4 members (excludes halogenated alkanes) is 3. The van der Waals surface area contributed by atoms with Crippen LogP contribution in [-0.4, -0.2) is 27.9 Å². The van der Waals surface area contributed by atoms with Crippen molar-refractivity contribution >= 4 is 28.9 Å². The first-order valence-electron chi connectivity index (χ1n) is 6.66. The van der Waals surface area contributed by atoms with Crippen molar-refractivity contribution in [1.29, 1.82) is 0 Å². The van der Waals surface area contributed by atoms with Gasteiger partial charge in [-0.25, -0.2) is 0 Å². The summed E-state index contributed by atoms with van der Waals surface area (Å²) in [5, 5.41) is 8.75. The van der Waals surface area contributed by atoms with Crippen LogP contribution in [0.2, 0.25) is 8.87 Å². The first-order chi connectivity index (χ1) is 7.68. The zero-order valence-electron chi connectivity index (χ0n) is 10.8. The third-order valence-electron chi connectivity index (χ3n) is 2.84. The second-order valence-corrected chi connectivity index (χ2v) is 24.8. The molecule has 0 aliphatic heterocycles. The van der Waals surface area contributed by atoms with E-state index in [2.05, 4.69) is 36.7 Å². The van der Waals surface area contributed by atoms with Gasteiger partial charge < -0.3 is 0 Å². The van der Waals surface area contributed by atoms with Gasteiger partial charge >= 0.3 is 112 Å². The Bertz CT molecular complexity index is 175. The van der Waals surface area contributed by atoms with E-state index in [0.717, 1.165) is 12.8 Å². The summed E-state index contributed by atoms with van der Waals surface area (Å²) < 4.78 is 5.39. The summed E-state index contributed by atoms with van der Waals surface area (Å²) in [7, 11) is 0. The molecule has 0 saturated carbocycles. The quantitative estimate of drug-likeness (QED) is 0.415. The molecule has 0 bridgehead atoms. The molecule has 0 aromatic rings. The number of aliphatic hydroxyl groups is 1. The van der Waals surface area contributed by atoms with Crippen molar-refractivity contribution in [3.05, 3.63) is 10.2 Å². The van der Waals surface area contributed by atoms with Crippen LogP contribution in [-0.2, 0) is 0 Å². The molecule has 0 rings (SSSR count). The maximum absolute atomic E-state index is 8.75. The van der Waals surface area contributed by atoms with Crippen molar-refractivity contribution in [3.63, 3.8) is 0 Å². The van der Waals surface area contributed by atoms with Gasteiger partial charge in [0.05, 0.1) is 0 Å². The molecule has 0 atom stereocenters. The summed E-state index contributed by atoms with van der Waals surface area (Å²) in [6.07, 6.45) is 9.62. The summed E-state index contributed by atoms with van der Waals surface area (Å²) in [6, 6.07) is 0. The molecule has 1 nitrogen and oxygen atoms in total. The average Bonchev–Trinajstić information content (AvgIpc) is 2.30. The van der Waals surface area contributed by atoms with E-state index in [1.54, 1.807) is 0 Å². The molecule has 0 amide bonds. The van der Waals surface area contributed by atoms with E-state index >= 15 is 0 Å². The van der Waals surface area contributed by atoms with Crippen molar-refractivity contribution in [2.75, 3.05) is 6.61 Å². The van der Waals surface area contributed by atoms with E-state index in [1.165, 1.54) is 34.6 Å². The fraction of sp³-hybridized carbons (Fsp3) is 0.846. The molecule has 0 spiro atoms. The van der Waals surface area contributed by atoms with E-state index in [-0.39, 0.29) is 0 Å². The van der Waals surface area contributed by atoms with Gasteiger partial charge in [0, 0.05) is 0 Å². The molecular weight excluding hydrogens is 371 g/mol.